The van der Waals surface area contributed by atoms with Gasteiger partial charge in [0.1, 0.15) is 23.0 Å². The van der Waals surface area contributed by atoms with Crippen molar-refractivity contribution in [2.24, 2.45) is 11.8 Å². The molecule has 4 bridgehead atoms. The van der Waals surface area contributed by atoms with Crippen molar-refractivity contribution in [1.29, 1.82) is 0 Å². The fourth-order valence-electron chi connectivity index (χ4n) is 6.88. The van der Waals surface area contributed by atoms with Crippen LogP contribution in [0.25, 0.3) is 10.9 Å². The summed E-state index contributed by atoms with van der Waals surface area (Å²) in [6.07, 6.45) is 0.133. The van der Waals surface area contributed by atoms with Crippen molar-refractivity contribution < 1.29 is 43.9 Å². The number of allylic oxidation sites excluding steroid dienone is 3. The first kappa shape index (κ1) is 39.9. The maximum atomic E-state index is 14.1. The number of carbonyl (C=O) groups excluding carboxylic acids is 2. The fourth-order valence-corrected chi connectivity index (χ4v) is 7.19. The maximum absolute atomic E-state index is 14.1. The highest BCUT2D eigenvalue weighted by molar-refractivity contribution is 6.35. The van der Waals surface area contributed by atoms with Gasteiger partial charge in [-0.25, -0.2) is 10.1 Å². The highest BCUT2D eigenvalue weighted by Gasteiger charge is 2.48. The first-order chi connectivity index (χ1) is 25.1. The molecule has 3 aromatic rings. The van der Waals surface area contributed by atoms with E-state index in [0.717, 1.165) is 11.1 Å². The van der Waals surface area contributed by atoms with E-state index in [0.29, 0.717) is 40.1 Å². The molecule has 0 aliphatic carbocycles. The van der Waals surface area contributed by atoms with Crippen LogP contribution >= 0.6 is 11.6 Å². The lowest BCUT2D eigenvalue weighted by molar-refractivity contribution is -0.276. The number of nitrogen functional groups attached to an aromatic ring is 1. The molecular formula is C38H48ClN5O9. The van der Waals surface area contributed by atoms with Gasteiger partial charge < -0.3 is 44.9 Å². The van der Waals surface area contributed by atoms with Crippen molar-refractivity contribution in [3.63, 3.8) is 0 Å². The number of aliphatic hydroxyl groups is 3. The molecule has 8 atom stereocenters. The number of rotatable bonds is 4. The summed E-state index contributed by atoms with van der Waals surface area (Å²) >= 11 is 6.75. The van der Waals surface area contributed by atoms with Gasteiger partial charge in [0.05, 0.1) is 48.3 Å². The third kappa shape index (κ3) is 8.92. The zero-order valence-electron chi connectivity index (χ0n) is 30.6. The van der Waals surface area contributed by atoms with Crippen LogP contribution in [0.4, 0.5) is 21.9 Å². The molecule has 2 aliphatic heterocycles. The van der Waals surface area contributed by atoms with Crippen LogP contribution in [0.2, 0.25) is 5.02 Å². The number of methoxy groups -OCH3 is 2. The summed E-state index contributed by atoms with van der Waals surface area (Å²) < 4.78 is 22.9. The molecule has 0 radical (unpaired) electrons. The Morgan fingerprint density at radius 3 is 2.66 bits per heavy atom. The number of halogens is 1. The number of fused-ring (bicyclic) bond motifs is 5. The normalized spacial score (nSPS) is 30.3. The number of nitrogens with zero attached hydrogens (tertiary/aromatic N) is 2. The topological polar surface area (TPSA) is 198 Å². The summed E-state index contributed by atoms with van der Waals surface area (Å²) in [5, 5.41) is 40.4. The van der Waals surface area contributed by atoms with Gasteiger partial charge in [-0.2, -0.15) is 0 Å². The fraction of sp³-hybridized carbons (Fsp3) is 0.447. The molecule has 14 nitrogen and oxygen atoms in total. The summed E-state index contributed by atoms with van der Waals surface area (Å²) in [6, 6.07) is 10.3. The van der Waals surface area contributed by atoms with Crippen molar-refractivity contribution in [3.8, 4) is 5.75 Å². The van der Waals surface area contributed by atoms with Crippen LogP contribution in [-0.4, -0.2) is 90.1 Å². The second-order valence-electron chi connectivity index (χ2n) is 13.7. The van der Waals surface area contributed by atoms with Crippen molar-refractivity contribution in [2.75, 3.05) is 37.2 Å². The van der Waals surface area contributed by atoms with Crippen LogP contribution in [-0.2, 0) is 25.4 Å². The van der Waals surface area contributed by atoms with E-state index in [4.69, 9.17) is 36.3 Å². The Hall–Kier alpha value is -4.28. The van der Waals surface area contributed by atoms with E-state index in [1.54, 1.807) is 75.6 Å². The molecule has 286 valence electrons. The van der Waals surface area contributed by atoms with Crippen molar-refractivity contribution in [1.82, 2.24) is 10.3 Å². The summed E-state index contributed by atoms with van der Waals surface area (Å²) in [5.41, 5.74) is 7.71. The Balaban J connectivity index is 1.54. The number of hydrogen-bond acceptors (Lipinski definition) is 12. The average Bonchev–Trinajstić information content (AvgIpc) is 3.12. The molecule has 53 heavy (non-hydrogen) atoms. The summed E-state index contributed by atoms with van der Waals surface area (Å²) in [6.45, 7) is 5.26. The molecule has 2 amide bonds. The summed E-state index contributed by atoms with van der Waals surface area (Å²) in [5.74, 6) is -1.72. The number of hydrogen-bond donors (Lipinski definition) is 6. The van der Waals surface area contributed by atoms with Gasteiger partial charge >= 0.3 is 6.09 Å². The van der Waals surface area contributed by atoms with E-state index in [-0.39, 0.29) is 17.9 Å². The molecule has 3 heterocycles. The molecule has 0 spiro atoms. The molecule has 1 saturated heterocycles. The molecule has 0 saturated carbocycles. The van der Waals surface area contributed by atoms with Crippen LogP contribution in [0.1, 0.15) is 39.2 Å². The number of nitrogens with one attached hydrogen (secondary N) is 2. The minimum absolute atomic E-state index is 0.0867. The van der Waals surface area contributed by atoms with Gasteiger partial charge in [-0.05, 0) is 55.3 Å². The average molecular weight is 754 g/mol. The Kier molecular flexibility index (Phi) is 12.7. The number of carbonyl (C=O) groups is 2. The quantitative estimate of drug-likeness (QED) is 0.204. The zero-order chi connectivity index (χ0) is 38.6. The molecule has 1 unspecified atom stereocenters. The predicted molar refractivity (Wildman–Crippen MR) is 201 cm³/mol. The zero-order valence-corrected chi connectivity index (χ0v) is 31.3. The number of anilines is 3. The lowest BCUT2D eigenvalue weighted by Gasteiger charge is -2.46. The Labute approximate surface area is 313 Å². The highest BCUT2D eigenvalue weighted by atomic mass is 35.5. The maximum Gasteiger partial charge on any atom is 0.411 e. The van der Waals surface area contributed by atoms with Crippen LogP contribution < -0.4 is 26.0 Å². The second kappa shape index (κ2) is 16.8. The van der Waals surface area contributed by atoms with Gasteiger partial charge in [0, 0.05) is 44.0 Å². The Morgan fingerprint density at radius 2 is 1.94 bits per heavy atom. The van der Waals surface area contributed by atoms with Gasteiger partial charge in [0.25, 0.3) is 0 Å². The van der Waals surface area contributed by atoms with Gasteiger partial charge in [-0.3, -0.25) is 15.1 Å². The van der Waals surface area contributed by atoms with E-state index >= 15 is 0 Å². The smallest absolute Gasteiger partial charge is 0.411 e. The van der Waals surface area contributed by atoms with E-state index in [1.165, 1.54) is 19.1 Å². The van der Waals surface area contributed by atoms with Crippen LogP contribution in [0, 0.1) is 11.8 Å². The van der Waals surface area contributed by atoms with Gasteiger partial charge in [0.2, 0.25) is 12.3 Å². The molecule has 15 heteroatoms. The molecule has 2 aliphatic rings. The highest BCUT2D eigenvalue weighted by Crippen LogP contribution is 2.38. The lowest BCUT2D eigenvalue weighted by Crippen LogP contribution is -2.65. The third-order valence-corrected chi connectivity index (χ3v) is 10.4. The standard InChI is InChI=1S/C38H48ClN5O9/c1-20-9-7-11-31(51-6)38(49)19-30(53-37(48)43-38)22(3)35(46)21(2)28(18-32(45)44(4)27-16-23(15-20)17-29(50-5)33(27)39)52-36(47)42-26-13-12-25(40)34-24(26)10-8-14-41-34/h7-14,16-17,21-22,28,30-31,35,37,43,46,48-49H,15,18-19,40H2,1-6H3,(H,42,47)/b11-7+,20-9+/t21-,22-,28+,30+,31-,35-,37?,38+/m1/s1. The SMILES string of the molecule is COc1cc2cc(c1Cl)N(C)C(=O)C[C@H](OC(=O)Nc1ccc(N)c3ncccc13)[C@@H](C)[C@@H](O)[C@H](C)[C@@H]1C[C@@](O)(NC(O)O1)[C@H](OC)/C=C/C=C(\C)C2. The van der Waals surface area contributed by atoms with Gasteiger partial charge in [-0.15, -0.1) is 0 Å². The molecule has 1 fully saturated rings. The van der Waals surface area contributed by atoms with Crippen molar-refractivity contribution in [3.05, 3.63) is 77.0 Å². The Bertz CT molecular complexity index is 1870. The van der Waals surface area contributed by atoms with E-state index in [1.807, 2.05) is 13.0 Å². The van der Waals surface area contributed by atoms with E-state index in [9.17, 15) is 24.9 Å². The molecule has 7 N–H and O–H groups in total. The van der Waals surface area contributed by atoms with E-state index in [2.05, 4.69) is 15.6 Å². The monoisotopic (exact) mass is 753 g/mol. The predicted octanol–water partition coefficient (Wildman–Crippen LogP) is 4.50. The third-order valence-electron chi connectivity index (χ3n) is 10.0. The van der Waals surface area contributed by atoms with E-state index < -0.39 is 60.4 Å². The first-order valence-corrected chi connectivity index (χ1v) is 17.7. The van der Waals surface area contributed by atoms with Crippen LogP contribution in [0.5, 0.6) is 5.75 Å². The number of aromatic nitrogens is 1. The first-order valence-electron chi connectivity index (χ1n) is 17.3. The minimum atomic E-state index is -1.79. The van der Waals surface area contributed by atoms with Gasteiger partial charge in [0.15, 0.2) is 5.72 Å². The largest absolute Gasteiger partial charge is 0.495 e. The lowest BCUT2D eigenvalue weighted by atomic mass is 9.81. The molecule has 5 rings (SSSR count). The number of ether oxygens (including phenoxy) is 4. The number of pyridine rings is 1. The number of amides is 2. The van der Waals surface area contributed by atoms with Gasteiger partial charge in [-0.1, -0.05) is 49.2 Å². The number of nitrogens with two attached hydrogens (primary N) is 1. The number of aliphatic hydroxyl groups excluding tert-OH is 2. The van der Waals surface area contributed by atoms with Crippen molar-refractivity contribution in [2.45, 2.75) is 76.6 Å². The molecule has 1 aromatic heterocycles. The molecular weight excluding hydrogens is 706 g/mol. The summed E-state index contributed by atoms with van der Waals surface area (Å²) in [7, 11) is 4.48. The van der Waals surface area contributed by atoms with Crippen LogP contribution in [0.15, 0.2) is 66.4 Å². The minimum Gasteiger partial charge on any atom is -0.495 e. The van der Waals surface area contributed by atoms with Crippen molar-refractivity contribution >= 4 is 51.6 Å². The molecule has 2 aromatic carbocycles. The second-order valence-corrected chi connectivity index (χ2v) is 14.1. The Morgan fingerprint density at radius 1 is 1.19 bits per heavy atom. The number of benzene rings is 2. The van der Waals surface area contributed by atoms with Crippen LogP contribution in [0.3, 0.4) is 0 Å². The summed E-state index contributed by atoms with van der Waals surface area (Å²) in [4.78, 5) is 33.3.